The standard InChI is InChI=1S/C18H23N5O2/c1-14(13-22-10-3-9-20-22)21-18(25)19-12-15-5-7-16(8-6-15)23-11-2-4-17(23)24/h3,5-10,14H,2,4,11-13H2,1H3,(H2,19,21,25). The van der Waals surface area contributed by atoms with Gasteiger partial charge in [-0.05, 0) is 37.1 Å². The van der Waals surface area contributed by atoms with Crippen LogP contribution in [0.15, 0.2) is 42.7 Å². The molecular weight excluding hydrogens is 318 g/mol. The Morgan fingerprint density at radius 1 is 1.32 bits per heavy atom. The smallest absolute Gasteiger partial charge is 0.315 e. The number of nitrogens with one attached hydrogen (secondary N) is 2. The molecule has 0 bridgehead atoms. The van der Waals surface area contributed by atoms with Crippen LogP contribution in [0.2, 0.25) is 0 Å². The van der Waals surface area contributed by atoms with Gasteiger partial charge < -0.3 is 15.5 Å². The number of nitrogens with zero attached hydrogens (tertiary/aromatic N) is 3. The van der Waals surface area contributed by atoms with E-state index in [2.05, 4.69) is 15.7 Å². The van der Waals surface area contributed by atoms with E-state index in [-0.39, 0.29) is 18.0 Å². The quantitative estimate of drug-likeness (QED) is 0.842. The van der Waals surface area contributed by atoms with Gasteiger partial charge >= 0.3 is 6.03 Å². The molecule has 7 nitrogen and oxygen atoms in total. The summed E-state index contributed by atoms with van der Waals surface area (Å²) in [7, 11) is 0. The Kier molecular flexibility index (Phi) is 5.33. The lowest BCUT2D eigenvalue weighted by atomic mass is 10.2. The van der Waals surface area contributed by atoms with E-state index in [9.17, 15) is 9.59 Å². The number of benzene rings is 1. The number of urea groups is 1. The summed E-state index contributed by atoms with van der Waals surface area (Å²) in [6.07, 6.45) is 5.12. The highest BCUT2D eigenvalue weighted by atomic mass is 16.2. The Morgan fingerprint density at radius 3 is 2.76 bits per heavy atom. The maximum absolute atomic E-state index is 12.0. The van der Waals surface area contributed by atoms with Crippen molar-refractivity contribution in [2.75, 3.05) is 11.4 Å². The van der Waals surface area contributed by atoms with E-state index >= 15 is 0 Å². The van der Waals surface area contributed by atoms with E-state index in [1.807, 2.05) is 43.5 Å². The summed E-state index contributed by atoms with van der Waals surface area (Å²) < 4.78 is 1.78. The first kappa shape index (κ1) is 17.0. The average Bonchev–Trinajstić information content (AvgIpc) is 3.25. The summed E-state index contributed by atoms with van der Waals surface area (Å²) in [5.41, 5.74) is 1.91. The summed E-state index contributed by atoms with van der Waals surface area (Å²) in [6.45, 7) is 3.78. The van der Waals surface area contributed by atoms with Gasteiger partial charge in [0, 0.05) is 43.6 Å². The molecule has 7 heteroatoms. The lowest BCUT2D eigenvalue weighted by Crippen LogP contribution is -2.42. The van der Waals surface area contributed by atoms with Crippen LogP contribution < -0.4 is 15.5 Å². The molecule has 3 amide bonds. The lowest BCUT2D eigenvalue weighted by Gasteiger charge is -2.17. The van der Waals surface area contributed by atoms with Crippen LogP contribution in [-0.2, 0) is 17.9 Å². The van der Waals surface area contributed by atoms with Crippen LogP contribution in [0.4, 0.5) is 10.5 Å². The van der Waals surface area contributed by atoms with Crippen LogP contribution in [0.1, 0.15) is 25.3 Å². The number of carbonyl (C=O) groups is 2. The predicted octanol–water partition coefficient (Wildman–Crippen LogP) is 1.90. The van der Waals surface area contributed by atoms with Crippen LogP contribution in [0.3, 0.4) is 0 Å². The minimum atomic E-state index is -0.210. The van der Waals surface area contributed by atoms with Crippen molar-refractivity contribution in [2.24, 2.45) is 0 Å². The first-order valence-electron chi connectivity index (χ1n) is 8.53. The molecule has 3 rings (SSSR count). The van der Waals surface area contributed by atoms with Gasteiger partial charge in [0.1, 0.15) is 0 Å². The molecule has 2 aromatic rings. The monoisotopic (exact) mass is 341 g/mol. The van der Waals surface area contributed by atoms with Crippen molar-refractivity contribution in [2.45, 2.75) is 38.9 Å². The highest BCUT2D eigenvalue weighted by Crippen LogP contribution is 2.21. The molecule has 1 fully saturated rings. The Bertz CT molecular complexity index is 712. The molecule has 1 atom stereocenters. The normalized spacial score (nSPS) is 15.2. The van der Waals surface area contributed by atoms with Gasteiger partial charge in [-0.25, -0.2) is 4.79 Å². The number of aromatic nitrogens is 2. The highest BCUT2D eigenvalue weighted by molar-refractivity contribution is 5.95. The third kappa shape index (κ3) is 4.59. The molecule has 0 spiro atoms. The molecule has 0 aliphatic carbocycles. The van der Waals surface area contributed by atoms with Gasteiger partial charge in [0.2, 0.25) is 5.91 Å². The zero-order valence-electron chi connectivity index (χ0n) is 14.3. The molecule has 132 valence electrons. The fraction of sp³-hybridized carbons (Fsp3) is 0.389. The Balaban J connectivity index is 1.44. The van der Waals surface area contributed by atoms with Gasteiger partial charge in [-0.3, -0.25) is 9.48 Å². The van der Waals surface area contributed by atoms with E-state index < -0.39 is 0 Å². The predicted molar refractivity (Wildman–Crippen MR) is 95.1 cm³/mol. The van der Waals surface area contributed by atoms with Crippen molar-refractivity contribution in [3.05, 3.63) is 48.3 Å². The summed E-state index contributed by atoms with van der Waals surface area (Å²) in [6, 6.07) is 9.35. The van der Waals surface area contributed by atoms with E-state index in [4.69, 9.17) is 0 Å². The second-order valence-electron chi connectivity index (χ2n) is 6.27. The molecule has 25 heavy (non-hydrogen) atoms. The summed E-state index contributed by atoms with van der Waals surface area (Å²) >= 11 is 0. The summed E-state index contributed by atoms with van der Waals surface area (Å²) in [5.74, 6) is 0.177. The largest absolute Gasteiger partial charge is 0.334 e. The zero-order valence-corrected chi connectivity index (χ0v) is 14.3. The Hall–Kier alpha value is -2.83. The number of amides is 3. The van der Waals surface area contributed by atoms with Gasteiger partial charge in [-0.2, -0.15) is 5.10 Å². The number of carbonyl (C=O) groups excluding carboxylic acids is 2. The molecule has 1 unspecified atom stereocenters. The molecule has 0 radical (unpaired) electrons. The number of rotatable bonds is 6. The maximum Gasteiger partial charge on any atom is 0.315 e. The highest BCUT2D eigenvalue weighted by Gasteiger charge is 2.21. The van der Waals surface area contributed by atoms with Crippen LogP contribution >= 0.6 is 0 Å². The van der Waals surface area contributed by atoms with Crippen molar-refractivity contribution in [1.82, 2.24) is 20.4 Å². The fourth-order valence-corrected chi connectivity index (χ4v) is 2.91. The van der Waals surface area contributed by atoms with Gasteiger partial charge in [0.25, 0.3) is 0 Å². The molecule has 1 aliphatic rings. The molecule has 0 saturated carbocycles. The maximum atomic E-state index is 12.0. The van der Waals surface area contributed by atoms with Crippen LogP contribution in [-0.4, -0.2) is 34.3 Å². The molecule has 1 aromatic heterocycles. The van der Waals surface area contributed by atoms with Crippen molar-refractivity contribution in [3.63, 3.8) is 0 Å². The first-order chi connectivity index (χ1) is 12.1. The molecule has 1 saturated heterocycles. The second-order valence-corrected chi connectivity index (χ2v) is 6.27. The Labute approximate surface area is 147 Å². The summed E-state index contributed by atoms with van der Waals surface area (Å²) in [4.78, 5) is 25.5. The minimum absolute atomic E-state index is 0.0246. The van der Waals surface area contributed by atoms with Crippen LogP contribution in [0.5, 0.6) is 0 Å². The van der Waals surface area contributed by atoms with E-state index in [1.54, 1.807) is 15.8 Å². The number of hydrogen-bond acceptors (Lipinski definition) is 3. The van der Waals surface area contributed by atoms with E-state index in [1.165, 1.54) is 0 Å². The average molecular weight is 341 g/mol. The fourth-order valence-electron chi connectivity index (χ4n) is 2.91. The first-order valence-corrected chi connectivity index (χ1v) is 8.53. The van der Waals surface area contributed by atoms with Crippen molar-refractivity contribution < 1.29 is 9.59 Å². The van der Waals surface area contributed by atoms with Gasteiger partial charge in [-0.1, -0.05) is 12.1 Å². The molecular formula is C18H23N5O2. The molecule has 1 aromatic carbocycles. The summed E-state index contributed by atoms with van der Waals surface area (Å²) in [5, 5.41) is 9.85. The number of anilines is 1. The van der Waals surface area contributed by atoms with Crippen molar-refractivity contribution in [1.29, 1.82) is 0 Å². The number of hydrogen-bond donors (Lipinski definition) is 2. The zero-order chi connectivity index (χ0) is 17.6. The molecule has 2 N–H and O–H groups in total. The van der Waals surface area contributed by atoms with Crippen molar-refractivity contribution >= 4 is 17.6 Å². The van der Waals surface area contributed by atoms with E-state index in [0.717, 1.165) is 24.2 Å². The van der Waals surface area contributed by atoms with E-state index in [0.29, 0.717) is 19.5 Å². The second kappa shape index (κ2) is 7.83. The third-order valence-electron chi connectivity index (χ3n) is 4.17. The molecule has 2 heterocycles. The van der Waals surface area contributed by atoms with Crippen LogP contribution in [0, 0.1) is 0 Å². The minimum Gasteiger partial charge on any atom is -0.334 e. The topological polar surface area (TPSA) is 79.3 Å². The van der Waals surface area contributed by atoms with Gasteiger partial charge in [0.15, 0.2) is 0 Å². The van der Waals surface area contributed by atoms with Gasteiger partial charge in [0.05, 0.1) is 6.54 Å². The van der Waals surface area contributed by atoms with Crippen molar-refractivity contribution in [3.8, 4) is 0 Å². The van der Waals surface area contributed by atoms with Crippen LogP contribution in [0.25, 0.3) is 0 Å². The molecule has 1 aliphatic heterocycles. The SMILES string of the molecule is CC(Cn1cccn1)NC(=O)NCc1ccc(N2CCCC2=O)cc1. The third-order valence-corrected chi connectivity index (χ3v) is 4.17. The Morgan fingerprint density at radius 2 is 2.12 bits per heavy atom. The van der Waals surface area contributed by atoms with Gasteiger partial charge in [-0.15, -0.1) is 0 Å². The lowest BCUT2D eigenvalue weighted by molar-refractivity contribution is -0.117.